The van der Waals surface area contributed by atoms with Crippen LogP contribution in [0.3, 0.4) is 0 Å². The van der Waals surface area contributed by atoms with E-state index < -0.39 is 0 Å². The molecule has 0 fully saturated rings. The predicted octanol–water partition coefficient (Wildman–Crippen LogP) is 3.69. The highest BCUT2D eigenvalue weighted by Crippen LogP contribution is 2.26. The molecule has 0 N–H and O–H groups in total. The number of hydrogen-bond donors (Lipinski definition) is 0. The van der Waals surface area contributed by atoms with E-state index in [9.17, 15) is 4.79 Å². The quantitative estimate of drug-likeness (QED) is 0.389. The van der Waals surface area contributed by atoms with E-state index in [2.05, 4.69) is 30.9 Å². The van der Waals surface area contributed by atoms with Gasteiger partial charge in [-0.2, -0.15) is 0 Å². The molecule has 0 aliphatic heterocycles. The Morgan fingerprint density at radius 2 is 2.00 bits per heavy atom. The molecule has 0 saturated heterocycles. The molecular formula is C17H11BrN4OS. The van der Waals surface area contributed by atoms with Crippen molar-refractivity contribution in [1.82, 2.24) is 19.4 Å². The first-order valence-corrected chi connectivity index (χ1v) is 8.99. The van der Waals surface area contributed by atoms with Gasteiger partial charge in [-0.15, -0.1) is 0 Å². The Hall–Kier alpha value is -2.25. The number of rotatable bonds is 3. The van der Waals surface area contributed by atoms with Crippen LogP contribution >= 0.6 is 27.7 Å². The topological polar surface area (TPSA) is 60.2 Å². The molecule has 0 atom stereocenters. The van der Waals surface area contributed by atoms with Crippen molar-refractivity contribution in [2.75, 3.05) is 0 Å². The fourth-order valence-corrected chi connectivity index (χ4v) is 3.66. The highest BCUT2D eigenvalue weighted by Gasteiger charge is 2.07. The van der Waals surface area contributed by atoms with Gasteiger partial charge in [0.05, 0.1) is 11.2 Å². The van der Waals surface area contributed by atoms with Gasteiger partial charge in [-0.3, -0.25) is 9.20 Å². The Labute approximate surface area is 149 Å². The van der Waals surface area contributed by atoms with Crippen molar-refractivity contribution in [2.24, 2.45) is 0 Å². The summed E-state index contributed by atoms with van der Waals surface area (Å²) in [6.07, 6.45) is 3.28. The van der Waals surface area contributed by atoms with Crippen LogP contribution in [0.2, 0.25) is 0 Å². The summed E-state index contributed by atoms with van der Waals surface area (Å²) in [6.45, 7) is 0. The Kier molecular flexibility index (Phi) is 4.03. The second-order valence-electron chi connectivity index (χ2n) is 5.15. The summed E-state index contributed by atoms with van der Waals surface area (Å²) in [6, 6.07) is 13.1. The van der Waals surface area contributed by atoms with Crippen LogP contribution in [0, 0.1) is 0 Å². The molecule has 0 spiro atoms. The number of thioether (sulfide) groups is 1. The zero-order valence-corrected chi connectivity index (χ0v) is 14.8. The molecule has 0 saturated carbocycles. The van der Waals surface area contributed by atoms with E-state index >= 15 is 0 Å². The fraction of sp³-hybridized carbons (Fsp3) is 0.0588. The van der Waals surface area contributed by atoms with E-state index in [1.165, 1.54) is 4.40 Å². The SMILES string of the molecule is O=c1cc(CSc2ncnc3ccccc23)nc2ccc(Br)cn12. The normalized spacial score (nSPS) is 11.2. The Morgan fingerprint density at radius 1 is 1.12 bits per heavy atom. The van der Waals surface area contributed by atoms with E-state index in [4.69, 9.17) is 0 Å². The third kappa shape index (κ3) is 2.92. The van der Waals surface area contributed by atoms with E-state index in [-0.39, 0.29) is 5.56 Å². The van der Waals surface area contributed by atoms with Crippen molar-refractivity contribution in [3.63, 3.8) is 0 Å². The largest absolute Gasteiger partial charge is 0.269 e. The average molecular weight is 399 g/mol. The summed E-state index contributed by atoms with van der Waals surface area (Å²) in [4.78, 5) is 25.4. The van der Waals surface area contributed by atoms with Crippen molar-refractivity contribution in [1.29, 1.82) is 0 Å². The third-order valence-electron chi connectivity index (χ3n) is 3.54. The first-order chi connectivity index (χ1) is 11.7. The van der Waals surface area contributed by atoms with Crippen LogP contribution in [0.25, 0.3) is 16.6 Å². The van der Waals surface area contributed by atoms with Gasteiger partial charge in [0.15, 0.2) is 0 Å². The van der Waals surface area contributed by atoms with E-state index in [0.717, 1.165) is 26.1 Å². The molecule has 0 unspecified atom stereocenters. The second-order valence-corrected chi connectivity index (χ2v) is 7.03. The molecule has 0 amide bonds. The first kappa shape index (κ1) is 15.3. The second kappa shape index (κ2) is 6.33. The molecule has 7 heteroatoms. The minimum Gasteiger partial charge on any atom is -0.269 e. The monoisotopic (exact) mass is 398 g/mol. The lowest BCUT2D eigenvalue weighted by Gasteiger charge is -2.06. The van der Waals surface area contributed by atoms with Gasteiger partial charge in [0.25, 0.3) is 5.56 Å². The maximum Gasteiger partial charge on any atom is 0.258 e. The lowest BCUT2D eigenvalue weighted by atomic mass is 10.2. The number of aromatic nitrogens is 4. The molecule has 3 aromatic heterocycles. The van der Waals surface area contributed by atoms with Gasteiger partial charge in [-0.25, -0.2) is 15.0 Å². The highest BCUT2D eigenvalue weighted by molar-refractivity contribution is 9.10. The number of halogens is 1. The maximum absolute atomic E-state index is 12.2. The number of pyridine rings is 1. The number of nitrogens with zero attached hydrogens (tertiary/aromatic N) is 4. The van der Waals surface area contributed by atoms with Gasteiger partial charge >= 0.3 is 0 Å². The molecule has 0 bridgehead atoms. The number of para-hydroxylation sites is 1. The molecule has 4 rings (SSSR count). The minimum atomic E-state index is -0.0931. The Bertz CT molecular complexity index is 1110. The zero-order chi connectivity index (χ0) is 16.5. The van der Waals surface area contributed by atoms with Crippen LogP contribution in [0.15, 0.2) is 69.3 Å². The van der Waals surface area contributed by atoms with Crippen LogP contribution in [0.1, 0.15) is 5.69 Å². The molecule has 4 aromatic rings. The molecule has 0 radical (unpaired) electrons. The van der Waals surface area contributed by atoms with Crippen LogP contribution < -0.4 is 5.56 Å². The van der Waals surface area contributed by atoms with Crippen LogP contribution in [0.4, 0.5) is 0 Å². The Balaban J connectivity index is 1.67. The van der Waals surface area contributed by atoms with Gasteiger partial charge in [0.1, 0.15) is 17.0 Å². The lowest BCUT2D eigenvalue weighted by Crippen LogP contribution is -2.15. The van der Waals surface area contributed by atoms with E-state index in [1.54, 1.807) is 30.4 Å². The summed E-state index contributed by atoms with van der Waals surface area (Å²) in [5, 5.41) is 1.89. The summed E-state index contributed by atoms with van der Waals surface area (Å²) >= 11 is 4.92. The standard InChI is InChI=1S/C17H11BrN4OS/c18-11-5-6-15-21-12(7-16(23)22(15)8-11)9-24-17-13-3-1-2-4-14(13)19-10-20-17/h1-8,10H,9H2. The number of hydrogen-bond acceptors (Lipinski definition) is 5. The van der Waals surface area contributed by atoms with Crippen molar-refractivity contribution in [3.05, 3.63) is 75.5 Å². The van der Waals surface area contributed by atoms with Crippen molar-refractivity contribution < 1.29 is 0 Å². The summed E-state index contributed by atoms with van der Waals surface area (Å²) in [5.41, 5.74) is 2.18. The average Bonchev–Trinajstić information content (AvgIpc) is 2.60. The van der Waals surface area contributed by atoms with Gasteiger partial charge < -0.3 is 0 Å². The predicted molar refractivity (Wildman–Crippen MR) is 98.3 cm³/mol. The summed E-state index contributed by atoms with van der Waals surface area (Å²) in [7, 11) is 0. The molecular weight excluding hydrogens is 388 g/mol. The van der Waals surface area contributed by atoms with Crippen molar-refractivity contribution >= 4 is 44.2 Å². The van der Waals surface area contributed by atoms with Gasteiger partial charge in [0.2, 0.25) is 0 Å². The smallest absolute Gasteiger partial charge is 0.258 e. The molecule has 3 heterocycles. The highest BCUT2D eigenvalue weighted by atomic mass is 79.9. The summed E-state index contributed by atoms with van der Waals surface area (Å²) in [5.74, 6) is 0.572. The number of benzene rings is 1. The lowest BCUT2D eigenvalue weighted by molar-refractivity contribution is 1.00. The molecule has 5 nitrogen and oxygen atoms in total. The zero-order valence-electron chi connectivity index (χ0n) is 12.4. The van der Waals surface area contributed by atoms with E-state index in [1.807, 2.05) is 36.4 Å². The molecule has 24 heavy (non-hydrogen) atoms. The number of fused-ring (bicyclic) bond motifs is 2. The third-order valence-corrected chi connectivity index (χ3v) is 5.05. The molecule has 0 aliphatic carbocycles. The first-order valence-electron chi connectivity index (χ1n) is 7.21. The van der Waals surface area contributed by atoms with Crippen LogP contribution in [0.5, 0.6) is 0 Å². The van der Waals surface area contributed by atoms with Crippen molar-refractivity contribution in [3.8, 4) is 0 Å². The molecule has 1 aromatic carbocycles. The van der Waals surface area contributed by atoms with Crippen LogP contribution in [-0.4, -0.2) is 19.4 Å². The summed E-state index contributed by atoms with van der Waals surface area (Å²) < 4.78 is 2.37. The molecule has 118 valence electrons. The maximum atomic E-state index is 12.2. The molecule has 0 aliphatic rings. The van der Waals surface area contributed by atoms with Crippen LogP contribution in [-0.2, 0) is 5.75 Å². The Morgan fingerprint density at radius 3 is 2.92 bits per heavy atom. The van der Waals surface area contributed by atoms with Gasteiger partial charge in [0, 0.05) is 27.9 Å². The van der Waals surface area contributed by atoms with E-state index in [0.29, 0.717) is 11.4 Å². The minimum absolute atomic E-state index is 0.0931. The van der Waals surface area contributed by atoms with Gasteiger partial charge in [-0.1, -0.05) is 30.0 Å². The fourth-order valence-electron chi connectivity index (χ4n) is 2.44. The van der Waals surface area contributed by atoms with Gasteiger partial charge in [-0.05, 0) is 34.1 Å². The van der Waals surface area contributed by atoms with Crippen molar-refractivity contribution in [2.45, 2.75) is 10.8 Å².